The number of hydrogen-bond donors (Lipinski definition) is 0. The first-order chi connectivity index (χ1) is 10.7. The molecule has 0 spiro atoms. The molecule has 0 saturated carbocycles. The highest BCUT2D eigenvalue weighted by atomic mass is 32.2. The van der Waals surface area contributed by atoms with Gasteiger partial charge in [0.15, 0.2) is 0 Å². The van der Waals surface area contributed by atoms with E-state index in [1.54, 1.807) is 8.61 Å². The van der Waals surface area contributed by atoms with Gasteiger partial charge >= 0.3 is 0 Å². The SMILES string of the molecule is O=S(=O)(N1CCOCC1)N1CCCC[C@@H]1Cc1ccccc1. The summed E-state index contributed by atoms with van der Waals surface area (Å²) in [6.07, 6.45) is 3.80. The number of hydrogen-bond acceptors (Lipinski definition) is 3. The van der Waals surface area contributed by atoms with E-state index in [2.05, 4.69) is 12.1 Å². The zero-order valence-electron chi connectivity index (χ0n) is 12.9. The lowest BCUT2D eigenvalue weighted by Crippen LogP contribution is -2.53. The van der Waals surface area contributed by atoms with E-state index in [0.29, 0.717) is 32.8 Å². The summed E-state index contributed by atoms with van der Waals surface area (Å²) in [7, 11) is -3.37. The van der Waals surface area contributed by atoms with Crippen LogP contribution in [0.3, 0.4) is 0 Å². The quantitative estimate of drug-likeness (QED) is 0.846. The van der Waals surface area contributed by atoms with Crippen molar-refractivity contribution in [2.75, 3.05) is 32.8 Å². The molecule has 22 heavy (non-hydrogen) atoms. The Morgan fingerprint density at radius 3 is 2.50 bits per heavy atom. The second-order valence-electron chi connectivity index (χ2n) is 5.97. The maximum absolute atomic E-state index is 12.9. The third kappa shape index (κ3) is 3.51. The lowest BCUT2D eigenvalue weighted by Gasteiger charge is -2.39. The molecule has 6 heteroatoms. The summed E-state index contributed by atoms with van der Waals surface area (Å²) in [6.45, 7) is 2.57. The maximum Gasteiger partial charge on any atom is 0.282 e. The number of nitrogens with zero attached hydrogens (tertiary/aromatic N) is 2. The number of rotatable bonds is 4. The summed E-state index contributed by atoms with van der Waals surface area (Å²) < 4.78 is 34.5. The third-order valence-corrected chi connectivity index (χ3v) is 6.57. The van der Waals surface area contributed by atoms with Gasteiger partial charge in [-0.05, 0) is 24.8 Å². The van der Waals surface area contributed by atoms with Crippen LogP contribution in [0.4, 0.5) is 0 Å². The Labute approximate surface area is 133 Å². The van der Waals surface area contributed by atoms with Crippen LogP contribution in [0.25, 0.3) is 0 Å². The molecule has 122 valence electrons. The molecule has 1 aromatic rings. The summed E-state index contributed by atoms with van der Waals surface area (Å²) in [5.41, 5.74) is 1.21. The smallest absolute Gasteiger partial charge is 0.282 e. The minimum absolute atomic E-state index is 0.0731. The highest BCUT2D eigenvalue weighted by Crippen LogP contribution is 2.25. The predicted octanol–water partition coefficient (Wildman–Crippen LogP) is 1.66. The predicted molar refractivity (Wildman–Crippen MR) is 85.8 cm³/mol. The van der Waals surface area contributed by atoms with E-state index in [1.165, 1.54) is 5.56 Å². The normalized spacial score (nSPS) is 25.2. The Kier molecular flexibility index (Phi) is 5.13. The van der Waals surface area contributed by atoms with Crippen molar-refractivity contribution in [1.82, 2.24) is 8.61 Å². The zero-order valence-corrected chi connectivity index (χ0v) is 13.7. The Morgan fingerprint density at radius 1 is 1.05 bits per heavy atom. The molecule has 2 saturated heterocycles. The number of benzene rings is 1. The first-order valence-electron chi connectivity index (χ1n) is 8.06. The summed E-state index contributed by atoms with van der Waals surface area (Å²) >= 11 is 0. The monoisotopic (exact) mass is 324 g/mol. The van der Waals surface area contributed by atoms with E-state index >= 15 is 0 Å². The van der Waals surface area contributed by atoms with E-state index in [1.807, 2.05) is 18.2 Å². The Morgan fingerprint density at radius 2 is 1.77 bits per heavy atom. The van der Waals surface area contributed by atoms with Crippen LogP contribution in [0.5, 0.6) is 0 Å². The van der Waals surface area contributed by atoms with Crippen LogP contribution in [0.2, 0.25) is 0 Å². The fourth-order valence-electron chi connectivity index (χ4n) is 3.29. The molecule has 0 bridgehead atoms. The first-order valence-corrected chi connectivity index (χ1v) is 9.46. The van der Waals surface area contributed by atoms with Crippen LogP contribution in [0, 0.1) is 0 Å². The van der Waals surface area contributed by atoms with Crippen molar-refractivity contribution in [3.05, 3.63) is 35.9 Å². The molecule has 2 fully saturated rings. The van der Waals surface area contributed by atoms with E-state index in [4.69, 9.17) is 4.74 Å². The fourth-order valence-corrected chi connectivity index (χ4v) is 5.12. The molecular weight excluding hydrogens is 300 g/mol. The molecule has 0 unspecified atom stereocenters. The summed E-state index contributed by atoms with van der Waals surface area (Å²) in [6, 6.07) is 10.2. The first kappa shape index (κ1) is 15.9. The van der Waals surface area contributed by atoms with Crippen LogP contribution < -0.4 is 0 Å². The highest BCUT2D eigenvalue weighted by Gasteiger charge is 2.37. The van der Waals surface area contributed by atoms with Gasteiger partial charge in [-0.3, -0.25) is 0 Å². The second-order valence-corrected chi connectivity index (χ2v) is 7.85. The lowest BCUT2D eigenvalue weighted by molar-refractivity contribution is 0.0682. The molecule has 0 radical (unpaired) electrons. The van der Waals surface area contributed by atoms with Gasteiger partial charge in [0, 0.05) is 25.7 Å². The number of ether oxygens (including phenoxy) is 1. The third-order valence-electron chi connectivity index (χ3n) is 4.48. The van der Waals surface area contributed by atoms with E-state index in [9.17, 15) is 8.42 Å². The minimum Gasteiger partial charge on any atom is -0.379 e. The van der Waals surface area contributed by atoms with E-state index in [-0.39, 0.29) is 6.04 Å². The van der Waals surface area contributed by atoms with Crippen molar-refractivity contribution in [2.45, 2.75) is 31.7 Å². The molecular formula is C16H24N2O3S. The van der Waals surface area contributed by atoms with Crippen molar-refractivity contribution >= 4 is 10.2 Å². The van der Waals surface area contributed by atoms with Gasteiger partial charge in [0.05, 0.1) is 13.2 Å². The van der Waals surface area contributed by atoms with Crippen molar-refractivity contribution in [3.63, 3.8) is 0 Å². The molecule has 0 N–H and O–H groups in total. The average molecular weight is 324 g/mol. The van der Waals surface area contributed by atoms with Crippen LogP contribution in [-0.4, -0.2) is 55.9 Å². The Hall–Kier alpha value is -0.950. The van der Waals surface area contributed by atoms with Crippen LogP contribution in [0.15, 0.2) is 30.3 Å². The van der Waals surface area contributed by atoms with E-state index < -0.39 is 10.2 Å². The standard InChI is InChI=1S/C16H24N2O3S/c19-22(20,17-10-12-21-13-11-17)18-9-5-4-8-16(18)14-15-6-2-1-3-7-15/h1-3,6-7,16H,4-5,8-14H2/t16-/m1/s1. The summed E-state index contributed by atoms with van der Waals surface area (Å²) in [5, 5.41) is 0. The van der Waals surface area contributed by atoms with Crippen LogP contribution in [0.1, 0.15) is 24.8 Å². The van der Waals surface area contributed by atoms with Gasteiger partial charge in [-0.15, -0.1) is 0 Å². The Balaban J connectivity index is 1.76. The van der Waals surface area contributed by atoms with Gasteiger partial charge in [-0.25, -0.2) is 0 Å². The maximum atomic E-state index is 12.9. The van der Waals surface area contributed by atoms with Crippen molar-refractivity contribution in [3.8, 4) is 0 Å². The zero-order chi connectivity index (χ0) is 15.4. The van der Waals surface area contributed by atoms with Crippen LogP contribution >= 0.6 is 0 Å². The van der Waals surface area contributed by atoms with Crippen molar-refractivity contribution < 1.29 is 13.2 Å². The van der Waals surface area contributed by atoms with Gasteiger partial charge in [0.2, 0.25) is 0 Å². The van der Waals surface area contributed by atoms with Gasteiger partial charge in [0.1, 0.15) is 0 Å². The number of morpholine rings is 1. The van der Waals surface area contributed by atoms with Crippen molar-refractivity contribution in [2.24, 2.45) is 0 Å². The second kappa shape index (κ2) is 7.08. The molecule has 5 nitrogen and oxygen atoms in total. The van der Waals surface area contributed by atoms with Gasteiger partial charge in [-0.2, -0.15) is 17.0 Å². The number of piperidine rings is 1. The fraction of sp³-hybridized carbons (Fsp3) is 0.625. The highest BCUT2D eigenvalue weighted by molar-refractivity contribution is 7.86. The van der Waals surface area contributed by atoms with Gasteiger partial charge in [0.25, 0.3) is 10.2 Å². The summed E-state index contributed by atoms with van der Waals surface area (Å²) in [4.78, 5) is 0. The molecule has 2 heterocycles. The Bertz CT molecular complexity index is 570. The molecule has 0 aromatic heterocycles. The lowest BCUT2D eigenvalue weighted by atomic mass is 9.98. The van der Waals surface area contributed by atoms with Crippen LogP contribution in [-0.2, 0) is 21.4 Å². The topological polar surface area (TPSA) is 49.9 Å². The molecule has 1 atom stereocenters. The largest absolute Gasteiger partial charge is 0.379 e. The van der Waals surface area contributed by atoms with Gasteiger partial charge < -0.3 is 4.74 Å². The van der Waals surface area contributed by atoms with Crippen molar-refractivity contribution in [1.29, 1.82) is 0 Å². The summed E-state index contributed by atoms with van der Waals surface area (Å²) in [5.74, 6) is 0. The molecule has 0 aliphatic carbocycles. The molecule has 1 aromatic carbocycles. The molecule has 0 amide bonds. The minimum atomic E-state index is -3.37. The molecule has 3 rings (SSSR count). The molecule has 2 aliphatic heterocycles. The average Bonchev–Trinajstić information content (AvgIpc) is 2.57. The van der Waals surface area contributed by atoms with E-state index in [0.717, 1.165) is 25.7 Å². The molecule has 2 aliphatic rings. The van der Waals surface area contributed by atoms with Gasteiger partial charge in [-0.1, -0.05) is 36.8 Å².